The molecule has 6 nitrogen and oxygen atoms in total. The highest BCUT2D eigenvalue weighted by Crippen LogP contribution is 2.29. The van der Waals surface area contributed by atoms with Gasteiger partial charge in [0.1, 0.15) is 17.3 Å². The van der Waals surface area contributed by atoms with Gasteiger partial charge in [0.15, 0.2) is 0 Å². The molecule has 6 heteroatoms. The zero-order chi connectivity index (χ0) is 20.9. The van der Waals surface area contributed by atoms with E-state index in [2.05, 4.69) is 34.5 Å². The van der Waals surface area contributed by atoms with Gasteiger partial charge in [0.05, 0.1) is 32.1 Å². The van der Waals surface area contributed by atoms with Crippen molar-refractivity contribution < 1.29 is 18.7 Å². The van der Waals surface area contributed by atoms with Gasteiger partial charge in [-0.15, -0.1) is 0 Å². The molecule has 0 aliphatic carbocycles. The number of amides is 1. The highest BCUT2D eigenvalue weighted by Gasteiger charge is 2.27. The van der Waals surface area contributed by atoms with Crippen LogP contribution in [0.2, 0.25) is 0 Å². The van der Waals surface area contributed by atoms with Crippen LogP contribution in [0.3, 0.4) is 0 Å². The first-order valence-corrected chi connectivity index (χ1v) is 10.0. The molecule has 0 unspecified atom stereocenters. The normalized spacial score (nSPS) is 14.6. The van der Waals surface area contributed by atoms with Crippen molar-refractivity contribution in [1.29, 1.82) is 0 Å². The number of rotatable bonds is 7. The molecule has 2 aromatic carbocycles. The molecule has 0 fully saturated rings. The van der Waals surface area contributed by atoms with E-state index < -0.39 is 0 Å². The molecule has 4 rings (SSSR count). The second kappa shape index (κ2) is 9.05. The molecule has 1 aliphatic rings. The van der Waals surface area contributed by atoms with E-state index in [9.17, 15) is 4.79 Å². The summed E-state index contributed by atoms with van der Waals surface area (Å²) in [6.07, 6.45) is 2.65. The molecule has 156 valence electrons. The summed E-state index contributed by atoms with van der Waals surface area (Å²) in [5, 5.41) is 3.06. The number of furan rings is 1. The summed E-state index contributed by atoms with van der Waals surface area (Å²) in [6, 6.07) is 17.5. The molecule has 30 heavy (non-hydrogen) atoms. The fourth-order valence-corrected chi connectivity index (χ4v) is 3.94. The number of nitrogens with zero attached hydrogens (tertiary/aromatic N) is 1. The van der Waals surface area contributed by atoms with E-state index in [0.29, 0.717) is 23.6 Å². The fraction of sp³-hybridized carbons (Fsp3) is 0.292. The summed E-state index contributed by atoms with van der Waals surface area (Å²) in [5.74, 6) is 1.77. The fourth-order valence-electron chi connectivity index (χ4n) is 3.94. The molecule has 1 amide bonds. The molecule has 0 bridgehead atoms. The summed E-state index contributed by atoms with van der Waals surface area (Å²) in [5.41, 5.74) is 3.18. The lowest BCUT2D eigenvalue weighted by Gasteiger charge is -2.34. The molecule has 3 aromatic rings. The molecular formula is C24H26N2O4. The van der Waals surface area contributed by atoms with Crippen molar-refractivity contribution in [3.8, 4) is 11.5 Å². The minimum Gasteiger partial charge on any atom is -0.497 e. The number of ether oxygens (including phenoxy) is 2. The van der Waals surface area contributed by atoms with E-state index in [-0.39, 0.29) is 11.9 Å². The smallest absolute Gasteiger partial charge is 0.255 e. The monoisotopic (exact) mass is 406 g/mol. The molecule has 1 aliphatic heterocycles. The van der Waals surface area contributed by atoms with Crippen LogP contribution in [-0.4, -0.2) is 38.1 Å². The van der Waals surface area contributed by atoms with E-state index in [4.69, 9.17) is 13.9 Å². The van der Waals surface area contributed by atoms with Crippen LogP contribution in [0.4, 0.5) is 0 Å². The van der Waals surface area contributed by atoms with Crippen molar-refractivity contribution in [3.63, 3.8) is 0 Å². The SMILES string of the molecule is COc1ccc(C(=O)NC[C@H](c2ccco2)N2CCc3ccccc3C2)c(OC)c1. The first kappa shape index (κ1) is 20.0. The Morgan fingerprint density at radius 3 is 2.67 bits per heavy atom. The molecule has 0 saturated carbocycles. The van der Waals surface area contributed by atoms with Gasteiger partial charge in [-0.05, 0) is 41.8 Å². The molecule has 2 heterocycles. The van der Waals surface area contributed by atoms with Gasteiger partial charge in [0.2, 0.25) is 0 Å². The lowest BCUT2D eigenvalue weighted by Crippen LogP contribution is -2.40. The van der Waals surface area contributed by atoms with Crippen LogP contribution in [0.15, 0.2) is 65.3 Å². The Balaban J connectivity index is 1.51. The highest BCUT2D eigenvalue weighted by atomic mass is 16.5. The number of benzene rings is 2. The van der Waals surface area contributed by atoms with Crippen molar-refractivity contribution >= 4 is 5.91 Å². The van der Waals surface area contributed by atoms with Crippen LogP contribution in [0, 0.1) is 0 Å². The minimum absolute atomic E-state index is 0.0541. The second-order valence-electron chi connectivity index (χ2n) is 7.30. The van der Waals surface area contributed by atoms with Crippen LogP contribution in [-0.2, 0) is 13.0 Å². The second-order valence-corrected chi connectivity index (χ2v) is 7.30. The quantitative estimate of drug-likeness (QED) is 0.646. The summed E-state index contributed by atoms with van der Waals surface area (Å²) in [4.78, 5) is 15.3. The average Bonchev–Trinajstić information content (AvgIpc) is 3.33. The van der Waals surface area contributed by atoms with E-state index in [1.807, 2.05) is 12.1 Å². The minimum atomic E-state index is -0.191. The Hall–Kier alpha value is -3.25. The summed E-state index contributed by atoms with van der Waals surface area (Å²) >= 11 is 0. The van der Waals surface area contributed by atoms with Gasteiger partial charge in [-0.2, -0.15) is 0 Å². The predicted molar refractivity (Wildman–Crippen MR) is 114 cm³/mol. The molecule has 1 aromatic heterocycles. The Morgan fingerprint density at radius 1 is 1.10 bits per heavy atom. The van der Waals surface area contributed by atoms with E-state index in [1.54, 1.807) is 38.7 Å². The third-order valence-electron chi connectivity index (χ3n) is 5.58. The van der Waals surface area contributed by atoms with Crippen molar-refractivity contribution in [2.45, 2.75) is 19.0 Å². The van der Waals surface area contributed by atoms with Gasteiger partial charge in [-0.1, -0.05) is 24.3 Å². The molecular weight excluding hydrogens is 380 g/mol. The first-order chi connectivity index (χ1) is 14.7. The van der Waals surface area contributed by atoms with Gasteiger partial charge >= 0.3 is 0 Å². The zero-order valence-electron chi connectivity index (χ0n) is 17.3. The Labute approximate surface area is 176 Å². The number of hydrogen-bond acceptors (Lipinski definition) is 5. The number of carbonyl (C=O) groups excluding carboxylic acids is 1. The summed E-state index contributed by atoms with van der Waals surface area (Å²) < 4.78 is 16.3. The van der Waals surface area contributed by atoms with Crippen LogP contribution in [0.5, 0.6) is 11.5 Å². The zero-order valence-corrected chi connectivity index (χ0v) is 17.3. The Morgan fingerprint density at radius 2 is 1.93 bits per heavy atom. The van der Waals surface area contributed by atoms with Gasteiger partial charge in [-0.3, -0.25) is 9.69 Å². The molecule has 1 N–H and O–H groups in total. The molecule has 0 saturated heterocycles. The largest absolute Gasteiger partial charge is 0.497 e. The maximum absolute atomic E-state index is 12.9. The van der Waals surface area contributed by atoms with Crippen molar-refractivity contribution in [2.24, 2.45) is 0 Å². The summed E-state index contributed by atoms with van der Waals surface area (Å²) in [7, 11) is 3.13. The van der Waals surface area contributed by atoms with E-state index >= 15 is 0 Å². The van der Waals surface area contributed by atoms with Gasteiger partial charge < -0.3 is 19.2 Å². The third-order valence-corrected chi connectivity index (χ3v) is 5.58. The van der Waals surface area contributed by atoms with Gasteiger partial charge in [0, 0.05) is 25.7 Å². The average molecular weight is 406 g/mol. The van der Waals surface area contributed by atoms with Crippen LogP contribution >= 0.6 is 0 Å². The molecule has 0 radical (unpaired) electrons. The molecule has 0 spiro atoms. The summed E-state index contributed by atoms with van der Waals surface area (Å²) in [6.45, 7) is 2.16. The van der Waals surface area contributed by atoms with E-state index in [1.165, 1.54) is 11.1 Å². The van der Waals surface area contributed by atoms with Crippen molar-refractivity contribution in [1.82, 2.24) is 10.2 Å². The topological polar surface area (TPSA) is 63.9 Å². The van der Waals surface area contributed by atoms with Gasteiger partial charge in [-0.25, -0.2) is 0 Å². The number of hydrogen-bond donors (Lipinski definition) is 1. The van der Waals surface area contributed by atoms with Crippen LogP contribution in [0.1, 0.15) is 33.3 Å². The van der Waals surface area contributed by atoms with Crippen LogP contribution < -0.4 is 14.8 Å². The lowest BCUT2D eigenvalue weighted by molar-refractivity contribution is 0.0916. The van der Waals surface area contributed by atoms with Gasteiger partial charge in [0.25, 0.3) is 5.91 Å². The number of methoxy groups -OCH3 is 2. The standard InChI is InChI=1S/C24H26N2O4/c1-28-19-9-10-20(23(14-19)29-2)24(27)25-15-21(22-8-5-13-30-22)26-12-11-17-6-3-4-7-18(17)16-26/h3-10,13-14,21H,11-12,15-16H2,1-2H3,(H,25,27)/t21-/m1/s1. The maximum Gasteiger partial charge on any atom is 0.255 e. The molecule has 1 atom stereocenters. The Kier molecular flexibility index (Phi) is 6.05. The lowest BCUT2D eigenvalue weighted by atomic mass is 9.98. The number of carbonyl (C=O) groups is 1. The predicted octanol–water partition coefficient (Wildman–Crippen LogP) is 3.83. The maximum atomic E-state index is 12.9. The Bertz CT molecular complexity index is 1000. The van der Waals surface area contributed by atoms with E-state index in [0.717, 1.165) is 25.3 Å². The van der Waals surface area contributed by atoms with Crippen molar-refractivity contribution in [2.75, 3.05) is 27.3 Å². The number of nitrogens with one attached hydrogen (secondary N) is 1. The number of fused-ring (bicyclic) bond motifs is 1. The highest BCUT2D eigenvalue weighted by molar-refractivity contribution is 5.97. The van der Waals surface area contributed by atoms with Crippen LogP contribution in [0.25, 0.3) is 0 Å². The third kappa shape index (κ3) is 4.19. The van der Waals surface area contributed by atoms with Crippen molar-refractivity contribution in [3.05, 3.63) is 83.3 Å². The first-order valence-electron chi connectivity index (χ1n) is 10.0.